The van der Waals surface area contributed by atoms with Crippen LogP contribution in [-0.2, 0) is 0 Å². The van der Waals surface area contributed by atoms with Crippen molar-refractivity contribution in [1.82, 2.24) is 5.32 Å². The second kappa shape index (κ2) is 9.46. The summed E-state index contributed by atoms with van der Waals surface area (Å²) in [6.45, 7) is 2.24. The minimum absolute atomic E-state index is 0.229. The largest absolute Gasteiger partial charge is 0.497 e. The summed E-state index contributed by atoms with van der Waals surface area (Å²) < 4.78 is 5.23. The van der Waals surface area contributed by atoms with Gasteiger partial charge in [-0.05, 0) is 55.5 Å². The van der Waals surface area contributed by atoms with Crippen LogP contribution in [0, 0.1) is 17.8 Å². The summed E-state index contributed by atoms with van der Waals surface area (Å²) in [5, 5.41) is 3.80. The fourth-order valence-corrected chi connectivity index (χ4v) is 3.71. The third-order valence-corrected chi connectivity index (χ3v) is 5.31. The summed E-state index contributed by atoms with van der Waals surface area (Å²) in [6.07, 6.45) is 6.57. The molecule has 1 fully saturated rings. The van der Waals surface area contributed by atoms with Gasteiger partial charge in [0.25, 0.3) is 0 Å². The zero-order chi connectivity index (χ0) is 18.2. The molecule has 0 heterocycles. The van der Waals surface area contributed by atoms with E-state index in [1.54, 1.807) is 7.11 Å². The zero-order valence-electron chi connectivity index (χ0n) is 15.9. The van der Waals surface area contributed by atoms with Gasteiger partial charge < -0.3 is 4.74 Å². The molecule has 0 radical (unpaired) electrons. The van der Waals surface area contributed by atoms with Gasteiger partial charge in [0.2, 0.25) is 0 Å². The van der Waals surface area contributed by atoms with Crippen molar-refractivity contribution in [3.05, 3.63) is 65.7 Å². The first-order valence-electron chi connectivity index (χ1n) is 9.73. The second-order valence-electron chi connectivity index (χ2n) is 7.17. The molecule has 0 spiro atoms. The molecule has 2 atom stereocenters. The maximum Gasteiger partial charge on any atom is 0.118 e. The molecule has 2 heteroatoms. The van der Waals surface area contributed by atoms with Crippen molar-refractivity contribution in [3.63, 3.8) is 0 Å². The maximum atomic E-state index is 5.23. The predicted octanol–water partition coefficient (Wildman–Crippen LogP) is 5.35. The van der Waals surface area contributed by atoms with Crippen LogP contribution in [0.5, 0.6) is 5.75 Å². The molecule has 0 amide bonds. The monoisotopic (exact) mass is 347 g/mol. The van der Waals surface area contributed by atoms with Gasteiger partial charge in [-0.1, -0.05) is 61.4 Å². The van der Waals surface area contributed by atoms with Crippen molar-refractivity contribution in [2.24, 2.45) is 5.92 Å². The van der Waals surface area contributed by atoms with Crippen LogP contribution in [0.2, 0.25) is 0 Å². The SMILES string of the molecule is COc1ccc(C#CC(NC(C)c2ccccc2)C2CCCCC2)cc1. The van der Waals surface area contributed by atoms with Crippen LogP contribution < -0.4 is 10.1 Å². The molecule has 1 N–H and O–H groups in total. The summed E-state index contributed by atoms with van der Waals surface area (Å²) in [4.78, 5) is 0. The van der Waals surface area contributed by atoms with Crippen molar-refractivity contribution < 1.29 is 4.74 Å². The van der Waals surface area contributed by atoms with Crippen molar-refractivity contribution in [2.45, 2.75) is 51.1 Å². The number of methoxy groups -OCH3 is 1. The maximum absolute atomic E-state index is 5.23. The fourth-order valence-electron chi connectivity index (χ4n) is 3.71. The van der Waals surface area contributed by atoms with Gasteiger partial charge in [-0.2, -0.15) is 0 Å². The molecule has 2 unspecified atom stereocenters. The molecule has 0 aliphatic heterocycles. The number of nitrogens with one attached hydrogen (secondary N) is 1. The topological polar surface area (TPSA) is 21.3 Å². The van der Waals surface area contributed by atoms with E-state index in [1.807, 2.05) is 24.3 Å². The fraction of sp³-hybridized carbons (Fsp3) is 0.417. The van der Waals surface area contributed by atoms with E-state index in [-0.39, 0.29) is 6.04 Å². The predicted molar refractivity (Wildman–Crippen MR) is 108 cm³/mol. The first kappa shape index (κ1) is 18.5. The molecule has 0 saturated heterocycles. The molecule has 1 saturated carbocycles. The molecule has 1 aliphatic rings. The van der Waals surface area contributed by atoms with Crippen LogP contribution >= 0.6 is 0 Å². The first-order chi connectivity index (χ1) is 12.8. The van der Waals surface area contributed by atoms with Crippen molar-refractivity contribution in [2.75, 3.05) is 7.11 Å². The van der Waals surface area contributed by atoms with Crippen LogP contribution in [0.1, 0.15) is 56.2 Å². The van der Waals surface area contributed by atoms with Crippen LogP contribution in [0.25, 0.3) is 0 Å². The highest BCUT2D eigenvalue weighted by Crippen LogP contribution is 2.28. The van der Waals surface area contributed by atoms with Crippen LogP contribution in [0.15, 0.2) is 54.6 Å². The Kier molecular flexibility index (Phi) is 6.75. The third kappa shape index (κ3) is 5.13. The number of benzene rings is 2. The summed E-state index contributed by atoms with van der Waals surface area (Å²) in [6, 6.07) is 19.2. The van der Waals surface area contributed by atoms with Gasteiger partial charge in [0.15, 0.2) is 0 Å². The Bertz CT molecular complexity index is 720. The van der Waals surface area contributed by atoms with E-state index in [2.05, 4.69) is 54.4 Å². The molecule has 2 aromatic rings. The smallest absolute Gasteiger partial charge is 0.118 e. The lowest BCUT2D eigenvalue weighted by atomic mass is 9.83. The number of ether oxygens (including phenoxy) is 1. The minimum Gasteiger partial charge on any atom is -0.497 e. The van der Waals surface area contributed by atoms with E-state index in [0.717, 1.165) is 11.3 Å². The van der Waals surface area contributed by atoms with E-state index >= 15 is 0 Å². The Morgan fingerprint density at radius 3 is 2.31 bits per heavy atom. The Morgan fingerprint density at radius 2 is 1.65 bits per heavy atom. The van der Waals surface area contributed by atoms with Gasteiger partial charge in [0.05, 0.1) is 13.2 Å². The zero-order valence-corrected chi connectivity index (χ0v) is 15.9. The van der Waals surface area contributed by atoms with Gasteiger partial charge >= 0.3 is 0 Å². The Balaban J connectivity index is 1.75. The highest BCUT2D eigenvalue weighted by atomic mass is 16.5. The van der Waals surface area contributed by atoms with Crippen molar-refractivity contribution >= 4 is 0 Å². The molecule has 0 bridgehead atoms. The van der Waals surface area contributed by atoms with Gasteiger partial charge in [0.1, 0.15) is 5.75 Å². The Morgan fingerprint density at radius 1 is 0.962 bits per heavy atom. The van der Waals surface area contributed by atoms with Crippen LogP contribution in [-0.4, -0.2) is 13.2 Å². The average molecular weight is 348 g/mol. The van der Waals surface area contributed by atoms with Crippen molar-refractivity contribution in [1.29, 1.82) is 0 Å². The van der Waals surface area contributed by atoms with E-state index in [9.17, 15) is 0 Å². The summed E-state index contributed by atoms with van der Waals surface area (Å²) in [7, 11) is 1.69. The van der Waals surface area contributed by atoms with E-state index in [0.29, 0.717) is 12.0 Å². The minimum atomic E-state index is 0.229. The van der Waals surface area contributed by atoms with Gasteiger partial charge in [-0.15, -0.1) is 0 Å². The van der Waals surface area contributed by atoms with E-state index in [4.69, 9.17) is 4.74 Å². The lowest BCUT2D eigenvalue weighted by Gasteiger charge is -2.30. The lowest BCUT2D eigenvalue weighted by Crippen LogP contribution is -2.37. The summed E-state index contributed by atoms with van der Waals surface area (Å²) in [5.74, 6) is 8.43. The molecule has 26 heavy (non-hydrogen) atoms. The number of rotatable bonds is 5. The average Bonchev–Trinajstić information content (AvgIpc) is 2.72. The van der Waals surface area contributed by atoms with E-state index < -0.39 is 0 Å². The third-order valence-electron chi connectivity index (χ3n) is 5.31. The number of hydrogen-bond donors (Lipinski definition) is 1. The van der Waals surface area contributed by atoms with Crippen LogP contribution in [0.3, 0.4) is 0 Å². The lowest BCUT2D eigenvalue weighted by molar-refractivity contribution is 0.293. The second-order valence-corrected chi connectivity index (χ2v) is 7.17. The summed E-state index contributed by atoms with van der Waals surface area (Å²) in [5.41, 5.74) is 2.36. The molecule has 136 valence electrons. The molecular weight excluding hydrogens is 318 g/mol. The molecular formula is C24H29NO. The van der Waals surface area contributed by atoms with Gasteiger partial charge in [-0.3, -0.25) is 5.32 Å². The highest BCUT2D eigenvalue weighted by Gasteiger charge is 2.23. The molecule has 2 nitrogen and oxygen atoms in total. The summed E-state index contributed by atoms with van der Waals surface area (Å²) >= 11 is 0. The molecule has 2 aromatic carbocycles. The normalized spacial score (nSPS) is 17.0. The molecule has 3 rings (SSSR count). The first-order valence-corrected chi connectivity index (χ1v) is 9.73. The number of hydrogen-bond acceptors (Lipinski definition) is 2. The molecule has 1 aliphatic carbocycles. The van der Waals surface area contributed by atoms with Gasteiger partial charge in [-0.25, -0.2) is 0 Å². The highest BCUT2D eigenvalue weighted by molar-refractivity contribution is 5.39. The van der Waals surface area contributed by atoms with E-state index in [1.165, 1.54) is 37.7 Å². The van der Waals surface area contributed by atoms with Crippen molar-refractivity contribution in [3.8, 4) is 17.6 Å². The van der Waals surface area contributed by atoms with Crippen LogP contribution in [0.4, 0.5) is 0 Å². The Labute approximate surface area is 158 Å². The standard InChI is InChI=1S/C24H29NO/c1-19(21-9-5-3-6-10-21)25-24(22-11-7-4-8-12-22)18-15-20-13-16-23(26-2)17-14-20/h3,5-6,9-10,13-14,16-17,19,22,24-25H,4,7-8,11-12H2,1-2H3. The molecule has 0 aromatic heterocycles. The van der Waals surface area contributed by atoms with Gasteiger partial charge in [0, 0.05) is 11.6 Å². The Hall–Kier alpha value is -2.24. The quantitative estimate of drug-likeness (QED) is 0.737.